The van der Waals surface area contributed by atoms with Crippen molar-refractivity contribution < 1.29 is 14.7 Å². The first-order valence-corrected chi connectivity index (χ1v) is 7.89. The predicted octanol–water partition coefficient (Wildman–Crippen LogP) is 3.25. The third-order valence-corrected chi connectivity index (χ3v) is 3.98. The molecule has 0 aliphatic carbocycles. The molecule has 1 amide bonds. The molecule has 0 saturated carbocycles. The molecule has 0 radical (unpaired) electrons. The summed E-state index contributed by atoms with van der Waals surface area (Å²) >= 11 is 0. The lowest BCUT2D eigenvalue weighted by molar-refractivity contribution is -0.146. The first-order chi connectivity index (χ1) is 10.3. The van der Waals surface area contributed by atoms with E-state index in [0.717, 1.165) is 25.7 Å². The molecule has 0 aromatic carbocycles. The maximum Gasteiger partial charge on any atom is 0.331 e. The Morgan fingerprint density at radius 3 is 2.64 bits per heavy atom. The van der Waals surface area contributed by atoms with E-state index >= 15 is 0 Å². The number of unbranched alkanes of at least 4 members (excludes halogenated alkanes) is 1. The highest BCUT2D eigenvalue weighted by Crippen LogP contribution is 2.20. The average Bonchev–Trinajstić information content (AvgIpc) is 2.92. The first-order valence-electron chi connectivity index (χ1n) is 7.89. The molecule has 0 bridgehead atoms. The van der Waals surface area contributed by atoms with E-state index in [-0.39, 0.29) is 5.91 Å². The Labute approximate surface area is 131 Å². The number of hydrogen-bond acceptors (Lipinski definition) is 3. The molecule has 1 aromatic heterocycles. The van der Waals surface area contributed by atoms with Gasteiger partial charge >= 0.3 is 5.97 Å². The minimum absolute atomic E-state index is 0.0457. The van der Waals surface area contributed by atoms with Crippen LogP contribution >= 0.6 is 0 Å². The van der Waals surface area contributed by atoms with Crippen LogP contribution in [0.15, 0.2) is 12.4 Å². The van der Waals surface area contributed by atoms with Gasteiger partial charge in [-0.3, -0.25) is 9.48 Å². The second-order valence-electron chi connectivity index (χ2n) is 6.21. The van der Waals surface area contributed by atoms with E-state index in [0.29, 0.717) is 18.0 Å². The minimum atomic E-state index is -1.14. The molecule has 1 rings (SSSR count). The van der Waals surface area contributed by atoms with Gasteiger partial charge in [0.2, 0.25) is 5.91 Å². The molecule has 2 N–H and O–H groups in total. The Hall–Kier alpha value is -1.85. The molecule has 6 nitrogen and oxygen atoms in total. The van der Waals surface area contributed by atoms with Gasteiger partial charge in [0, 0.05) is 12.6 Å². The molecular weight excluding hydrogens is 282 g/mol. The number of rotatable bonds is 9. The fourth-order valence-corrected chi connectivity index (χ4v) is 2.21. The number of nitrogens with one attached hydrogen (secondary N) is 1. The van der Waals surface area contributed by atoms with E-state index in [4.69, 9.17) is 0 Å². The van der Waals surface area contributed by atoms with Gasteiger partial charge < -0.3 is 10.4 Å². The number of aromatic nitrogens is 2. The lowest BCUT2D eigenvalue weighted by atomic mass is 9.95. The van der Waals surface area contributed by atoms with E-state index in [1.807, 2.05) is 0 Å². The van der Waals surface area contributed by atoms with Crippen molar-refractivity contribution in [2.24, 2.45) is 5.92 Å². The second kappa shape index (κ2) is 7.96. The van der Waals surface area contributed by atoms with Crippen molar-refractivity contribution in [2.75, 3.05) is 5.32 Å². The lowest BCUT2D eigenvalue weighted by Crippen LogP contribution is -2.35. The van der Waals surface area contributed by atoms with Crippen LogP contribution in [0.3, 0.4) is 0 Å². The molecule has 124 valence electrons. The summed E-state index contributed by atoms with van der Waals surface area (Å²) < 4.78 is 1.35. The van der Waals surface area contributed by atoms with Crippen molar-refractivity contribution >= 4 is 17.6 Å². The summed E-state index contributed by atoms with van der Waals surface area (Å²) in [6, 6.07) is 0. The summed E-state index contributed by atoms with van der Waals surface area (Å²) in [5.41, 5.74) is -0.611. The quantitative estimate of drug-likeness (QED) is 0.733. The van der Waals surface area contributed by atoms with Crippen molar-refractivity contribution in [1.82, 2.24) is 9.78 Å². The van der Waals surface area contributed by atoms with E-state index in [1.165, 1.54) is 10.9 Å². The normalized spacial score (nSPS) is 12.9. The maximum absolute atomic E-state index is 12.1. The number of anilines is 1. The number of aliphatic carboxylic acids is 1. The van der Waals surface area contributed by atoms with Gasteiger partial charge in [0.05, 0.1) is 11.9 Å². The first kappa shape index (κ1) is 18.2. The minimum Gasteiger partial charge on any atom is -0.479 e. The van der Waals surface area contributed by atoms with E-state index in [9.17, 15) is 14.7 Å². The van der Waals surface area contributed by atoms with Crippen LogP contribution in [0.2, 0.25) is 0 Å². The fraction of sp³-hybridized carbons (Fsp3) is 0.688. The topological polar surface area (TPSA) is 84.2 Å². The highest BCUT2D eigenvalue weighted by Gasteiger charge is 2.30. The summed E-state index contributed by atoms with van der Waals surface area (Å²) in [6.45, 7) is 7.37. The van der Waals surface area contributed by atoms with E-state index in [1.54, 1.807) is 20.0 Å². The number of carbonyl (C=O) groups excluding carboxylic acids is 1. The van der Waals surface area contributed by atoms with Crippen LogP contribution in [0.1, 0.15) is 59.8 Å². The van der Waals surface area contributed by atoms with Gasteiger partial charge in [-0.25, -0.2) is 4.79 Å². The van der Waals surface area contributed by atoms with Crippen LogP contribution in [0, 0.1) is 5.92 Å². The van der Waals surface area contributed by atoms with Crippen LogP contribution in [0.25, 0.3) is 0 Å². The molecule has 0 aliphatic rings. The molecule has 1 heterocycles. The van der Waals surface area contributed by atoms with Crippen LogP contribution in [-0.4, -0.2) is 26.8 Å². The summed E-state index contributed by atoms with van der Waals surface area (Å²) in [6.07, 6.45) is 7.84. The molecule has 0 fully saturated rings. The third-order valence-electron chi connectivity index (χ3n) is 3.98. The number of carbonyl (C=O) groups is 2. The smallest absolute Gasteiger partial charge is 0.331 e. The third kappa shape index (κ3) is 4.86. The predicted molar refractivity (Wildman–Crippen MR) is 85.7 cm³/mol. The van der Waals surface area contributed by atoms with Crippen molar-refractivity contribution in [1.29, 1.82) is 0 Å². The fourth-order valence-electron chi connectivity index (χ4n) is 2.21. The number of hydrogen-bond donors (Lipinski definition) is 2. The Morgan fingerprint density at radius 1 is 1.41 bits per heavy atom. The van der Waals surface area contributed by atoms with Crippen LogP contribution in [0.4, 0.5) is 5.69 Å². The second-order valence-corrected chi connectivity index (χ2v) is 6.21. The van der Waals surface area contributed by atoms with Crippen molar-refractivity contribution in [3.05, 3.63) is 12.4 Å². The van der Waals surface area contributed by atoms with E-state index in [2.05, 4.69) is 24.3 Å². The highest BCUT2D eigenvalue weighted by molar-refractivity contribution is 5.90. The van der Waals surface area contributed by atoms with Gasteiger partial charge in [0.15, 0.2) is 5.54 Å². The molecule has 0 aliphatic heterocycles. The van der Waals surface area contributed by atoms with Crippen molar-refractivity contribution in [3.8, 4) is 0 Å². The molecule has 0 saturated heterocycles. The van der Waals surface area contributed by atoms with Gasteiger partial charge in [-0.05, 0) is 26.2 Å². The summed E-state index contributed by atoms with van der Waals surface area (Å²) in [5.74, 6) is -0.625. The van der Waals surface area contributed by atoms with Crippen molar-refractivity contribution in [2.45, 2.75) is 65.3 Å². The summed E-state index contributed by atoms with van der Waals surface area (Å²) in [7, 11) is 0. The van der Waals surface area contributed by atoms with Gasteiger partial charge in [-0.1, -0.05) is 33.1 Å². The molecule has 6 heteroatoms. The molecule has 1 aromatic rings. The van der Waals surface area contributed by atoms with Crippen LogP contribution < -0.4 is 5.32 Å². The van der Waals surface area contributed by atoms with E-state index < -0.39 is 11.5 Å². The number of nitrogens with zero attached hydrogens (tertiary/aromatic N) is 2. The Kier molecular flexibility index (Phi) is 6.59. The Morgan fingerprint density at radius 2 is 2.09 bits per heavy atom. The number of amides is 1. The maximum atomic E-state index is 12.1. The van der Waals surface area contributed by atoms with Crippen molar-refractivity contribution in [3.63, 3.8) is 0 Å². The summed E-state index contributed by atoms with van der Waals surface area (Å²) in [5, 5.41) is 16.0. The van der Waals surface area contributed by atoms with Crippen LogP contribution in [-0.2, 0) is 15.1 Å². The largest absolute Gasteiger partial charge is 0.479 e. The molecular formula is C16H27N3O3. The molecule has 0 spiro atoms. The average molecular weight is 309 g/mol. The van der Waals surface area contributed by atoms with Gasteiger partial charge in [0.1, 0.15) is 0 Å². The monoisotopic (exact) mass is 309 g/mol. The molecule has 1 unspecified atom stereocenters. The Bertz CT molecular complexity index is 508. The zero-order valence-corrected chi connectivity index (χ0v) is 13.9. The van der Waals surface area contributed by atoms with Gasteiger partial charge in [0.25, 0.3) is 0 Å². The molecule has 1 atom stereocenters. The zero-order valence-electron chi connectivity index (χ0n) is 13.9. The zero-order chi connectivity index (χ0) is 16.8. The van der Waals surface area contributed by atoms with Crippen LogP contribution in [0.5, 0.6) is 0 Å². The standard InChI is InChI=1S/C16H27N3O3/c1-5-7-8-12(6-2)9-14(20)18-13-10-17-19(11-13)16(3,4)15(21)22/h10-12H,5-9H2,1-4H3,(H,18,20)(H,21,22). The summed E-state index contributed by atoms with van der Waals surface area (Å²) in [4.78, 5) is 23.3. The van der Waals surface area contributed by atoms with Gasteiger partial charge in [-0.15, -0.1) is 0 Å². The Balaban J connectivity index is 2.62. The van der Waals surface area contributed by atoms with Gasteiger partial charge in [-0.2, -0.15) is 5.10 Å². The number of carboxylic acid groups (broad SMARTS) is 1. The highest BCUT2D eigenvalue weighted by atomic mass is 16.4. The molecule has 22 heavy (non-hydrogen) atoms. The number of carboxylic acids is 1. The lowest BCUT2D eigenvalue weighted by Gasteiger charge is -2.19. The SMILES string of the molecule is CCCCC(CC)CC(=O)Nc1cnn(C(C)(C)C(=O)O)c1.